The molecule has 106 valence electrons. The van der Waals surface area contributed by atoms with Crippen LogP contribution < -0.4 is 4.74 Å². The first-order chi connectivity index (χ1) is 9.22. The molecule has 0 amide bonds. The molecule has 0 aromatic carbocycles. The largest absolute Gasteiger partial charge is 0.497 e. The molecule has 4 heteroatoms. The van der Waals surface area contributed by atoms with Crippen LogP contribution >= 0.6 is 0 Å². The summed E-state index contributed by atoms with van der Waals surface area (Å²) in [6.45, 7) is 3.71. The summed E-state index contributed by atoms with van der Waals surface area (Å²) < 4.78 is 5.29. The molecule has 0 bridgehead atoms. The third kappa shape index (κ3) is 3.91. The first-order valence-electron chi connectivity index (χ1n) is 7.09. The summed E-state index contributed by atoms with van der Waals surface area (Å²) >= 11 is 0. The summed E-state index contributed by atoms with van der Waals surface area (Å²) in [5, 5.41) is 9.24. The predicted octanol–water partition coefficient (Wildman–Crippen LogP) is 2.14. The van der Waals surface area contributed by atoms with Gasteiger partial charge in [0.1, 0.15) is 5.75 Å². The van der Waals surface area contributed by atoms with Crippen molar-refractivity contribution in [1.82, 2.24) is 9.88 Å². The Hall–Kier alpha value is -1.13. The first-order valence-corrected chi connectivity index (χ1v) is 7.09. The number of aromatic nitrogens is 1. The van der Waals surface area contributed by atoms with Gasteiger partial charge >= 0.3 is 0 Å². The van der Waals surface area contributed by atoms with Crippen molar-refractivity contribution in [2.45, 2.75) is 45.2 Å². The fraction of sp³-hybridized carbons (Fsp3) is 0.667. The Morgan fingerprint density at radius 1 is 1.37 bits per heavy atom. The Kier molecular flexibility index (Phi) is 5.16. The molecule has 0 unspecified atom stereocenters. The van der Waals surface area contributed by atoms with Crippen LogP contribution in [0.15, 0.2) is 12.1 Å². The third-order valence-corrected chi connectivity index (χ3v) is 3.81. The van der Waals surface area contributed by atoms with Crippen LogP contribution in [0.3, 0.4) is 0 Å². The van der Waals surface area contributed by atoms with Crippen LogP contribution in [0.5, 0.6) is 5.75 Å². The lowest BCUT2D eigenvalue weighted by molar-refractivity contribution is 0.143. The Morgan fingerprint density at radius 3 is 2.74 bits per heavy atom. The number of aryl methyl sites for hydroxylation is 1. The molecule has 1 heterocycles. The average Bonchev–Trinajstić information content (AvgIpc) is 2.91. The fourth-order valence-corrected chi connectivity index (χ4v) is 2.90. The summed E-state index contributed by atoms with van der Waals surface area (Å²) in [4.78, 5) is 6.93. The summed E-state index contributed by atoms with van der Waals surface area (Å²) in [6.07, 6.45) is 5.08. The zero-order chi connectivity index (χ0) is 13.7. The lowest BCUT2D eigenvalue weighted by Crippen LogP contribution is -2.35. The minimum Gasteiger partial charge on any atom is -0.497 e. The second-order valence-electron chi connectivity index (χ2n) is 5.27. The highest BCUT2D eigenvalue weighted by atomic mass is 16.5. The normalized spacial score (nSPS) is 16.2. The zero-order valence-corrected chi connectivity index (χ0v) is 11.9. The van der Waals surface area contributed by atoms with Crippen LogP contribution in [0.1, 0.15) is 37.1 Å². The highest BCUT2D eigenvalue weighted by Crippen LogP contribution is 2.25. The third-order valence-electron chi connectivity index (χ3n) is 3.81. The van der Waals surface area contributed by atoms with Crippen LogP contribution in [-0.4, -0.2) is 41.3 Å². The van der Waals surface area contributed by atoms with Gasteiger partial charge in [-0.05, 0) is 19.8 Å². The molecule has 1 aliphatic rings. The van der Waals surface area contributed by atoms with Gasteiger partial charge in [-0.25, -0.2) is 0 Å². The van der Waals surface area contributed by atoms with Crippen LogP contribution in [-0.2, 0) is 6.54 Å². The van der Waals surface area contributed by atoms with Crippen LogP contribution in [0.4, 0.5) is 0 Å². The Balaban J connectivity index is 2.09. The molecule has 0 saturated heterocycles. The molecule has 1 fully saturated rings. The van der Waals surface area contributed by atoms with Crippen LogP contribution in [0.25, 0.3) is 0 Å². The van der Waals surface area contributed by atoms with Crippen molar-refractivity contribution in [3.63, 3.8) is 0 Å². The van der Waals surface area contributed by atoms with E-state index in [0.29, 0.717) is 6.04 Å². The molecule has 0 radical (unpaired) electrons. The number of aliphatic hydroxyl groups excluding tert-OH is 1. The minimum absolute atomic E-state index is 0.208. The quantitative estimate of drug-likeness (QED) is 0.855. The summed E-state index contributed by atoms with van der Waals surface area (Å²) in [7, 11) is 1.68. The van der Waals surface area contributed by atoms with Crippen LogP contribution in [0.2, 0.25) is 0 Å². The highest BCUT2D eigenvalue weighted by molar-refractivity contribution is 5.26. The maximum atomic E-state index is 9.24. The van der Waals surface area contributed by atoms with Gasteiger partial charge in [0, 0.05) is 37.0 Å². The van der Waals surface area contributed by atoms with Crippen molar-refractivity contribution in [2.24, 2.45) is 0 Å². The average molecular weight is 264 g/mol. The number of nitrogens with zero attached hydrogens (tertiary/aromatic N) is 2. The van der Waals surface area contributed by atoms with Gasteiger partial charge in [0.05, 0.1) is 19.4 Å². The van der Waals surface area contributed by atoms with Gasteiger partial charge in [-0.3, -0.25) is 9.88 Å². The number of ether oxygens (including phenoxy) is 1. The summed E-state index contributed by atoms with van der Waals surface area (Å²) in [5.74, 6) is 0.859. The SMILES string of the molecule is COc1cc(C)nc(CN(CCO)C2CCCC2)c1. The number of methoxy groups -OCH3 is 1. The zero-order valence-electron chi connectivity index (χ0n) is 11.9. The van der Waals surface area contributed by atoms with Crippen molar-refractivity contribution in [3.8, 4) is 5.75 Å². The molecular formula is C15H24N2O2. The fourth-order valence-electron chi connectivity index (χ4n) is 2.90. The van der Waals surface area contributed by atoms with Gasteiger partial charge in [-0.2, -0.15) is 0 Å². The van der Waals surface area contributed by atoms with Gasteiger partial charge in [0.25, 0.3) is 0 Å². The van der Waals surface area contributed by atoms with Gasteiger partial charge < -0.3 is 9.84 Å². The van der Waals surface area contributed by atoms with E-state index in [-0.39, 0.29) is 6.61 Å². The van der Waals surface area contributed by atoms with Gasteiger partial charge in [-0.1, -0.05) is 12.8 Å². The summed E-state index contributed by atoms with van der Waals surface area (Å²) in [5.41, 5.74) is 2.00. The molecule has 1 N–H and O–H groups in total. The smallest absolute Gasteiger partial charge is 0.122 e. The lowest BCUT2D eigenvalue weighted by Gasteiger charge is -2.27. The Bertz CT molecular complexity index is 403. The molecule has 0 atom stereocenters. The van der Waals surface area contributed by atoms with Crippen LogP contribution in [0, 0.1) is 6.92 Å². The van der Waals surface area contributed by atoms with E-state index in [9.17, 15) is 5.11 Å². The van der Waals surface area contributed by atoms with E-state index < -0.39 is 0 Å². The molecule has 1 aromatic heterocycles. The molecule has 1 saturated carbocycles. The van der Waals surface area contributed by atoms with Crippen molar-refractivity contribution in [2.75, 3.05) is 20.3 Å². The van der Waals surface area contributed by atoms with Crippen molar-refractivity contribution in [1.29, 1.82) is 0 Å². The number of aliphatic hydroxyl groups is 1. The van der Waals surface area contributed by atoms with E-state index >= 15 is 0 Å². The number of hydrogen-bond acceptors (Lipinski definition) is 4. The van der Waals surface area contributed by atoms with E-state index in [0.717, 1.165) is 30.2 Å². The molecule has 19 heavy (non-hydrogen) atoms. The Morgan fingerprint density at radius 2 is 2.11 bits per heavy atom. The maximum Gasteiger partial charge on any atom is 0.122 e. The Labute approximate surface area is 115 Å². The highest BCUT2D eigenvalue weighted by Gasteiger charge is 2.22. The molecule has 1 aromatic rings. The van der Waals surface area contributed by atoms with Crippen molar-refractivity contribution < 1.29 is 9.84 Å². The van der Waals surface area contributed by atoms with E-state index in [4.69, 9.17) is 4.74 Å². The van der Waals surface area contributed by atoms with E-state index in [1.54, 1.807) is 7.11 Å². The minimum atomic E-state index is 0.208. The number of rotatable bonds is 6. The molecule has 4 nitrogen and oxygen atoms in total. The summed E-state index contributed by atoms with van der Waals surface area (Å²) in [6, 6.07) is 4.53. The molecule has 0 aliphatic heterocycles. The van der Waals surface area contributed by atoms with Gasteiger partial charge in [0.2, 0.25) is 0 Å². The standard InChI is InChI=1S/C15H24N2O2/c1-12-9-15(19-2)10-13(16-12)11-17(7-8-18)14-5-3-4-6-14/h9-10,14,18H,3-8,11H2,1-2H3. The van der Waals surface area contributed by atoms with Gasteiger partial charge in [0.15, 0.2) is 0 Å². The second kappa shape index (κ2) is 6.87. The van der Waals surface area contributed by atoms with Gasteiger partial charge in [-0.15, -0.1) is 0 Å². The van der Waals surface area contributed by atoms with Crippen molar-refractivity contribution >= 4 is 0 Å². The molecule has 0 spiro atoms. The topological polar surface area (TPSA) is 45.6 Å². The van der Waals surface area contributed by atoms with E-state index in [1.807, 2.05) is 19.1 Å². The first kappa shape index (κ1) is 14.3. The van der Waals surface area contributed by atoms with Crippen molar-refractivity contribution in [3.05, 3.63) is 23.5 Å². The maximum absolute atomic E-state index is 9.24. The number of pyridine rings is 1. The molecule has 1 aliphatic carbocycles. The lowest BCUT2D eigenvalue weighted by atomic mass is 10.2. The molecule has 2 rings (SSSR count). The monoisotopic (exact) mass is 264 g/mol. The van der Waals surface area contributed by atoms with E-state index in [1.165, 1.54) is 25.7 Å². The predicted molar refractivity (Wildman–Crippen MR) is 75.3 cm³/mol. The second-order valence-corrected chi connectivity index (χ2v) is 5.27. The number of hydrogen-bond donors (Lipinski definition) is 1. The van der Waals surface area contributed by atoms with E-state index in [2.05, 4.69) is 9.88 Å². The molecular weight excluding hydrogens is 240 g/mol.